The van der Waals surface area contributed by atoms with Gasteiger partial charge in [0.25, 0.3) is 11.8 Å². The number of amides is 4. The van der Waals surface area contributed by atoms with Crippen LogP contribution in [0.1, 0.15) is 24.3 Å². The average molecular weight is 803 g/mol. The second kappa shape index (κ2) is 10.7. The Labute approximate surface area is 286 Å². The molecule has 15 heteroatoms. The van der Waals surface area contributed by atoms with Crippen LogP contribution in [0.25, 0.3) is 0 Å². The van der Waals surface area contributed by atoms with Gasteiger partial charge < -0.3 is 5.11 Å². The Bertz CT molecular complexity index is 1970. The molecule has 2 aliphatic heterocycles. The Balaban J connectivity index is 1.43. The number of halogens is 8. The van der Waals surface area contributed by atoms with Crippen molar-refractivity contribution in [1.82, 2.24) is 0 Å². The Morgan fingerprint density at radius 2 is 1.36 bits per heavy atom. The van der Waals surface area contributed by atoms with Gasteiger partial charge in [0.05, 0.1) is 17.5 Å². The number of nitrogens with zero attached hydrogens (tertiary/aromatic N) is 2. The molecule has 2 heterocycles. The minimum Gasteiger partial charge on any atom is -0.508 e. The maximum absolute atomic E-state index is 15.1. The van der Waals surface area contributed by atoms with Crippen LogP contribution < -0.4 is 9.80 Å². The normalized spacial score (nSPS) is 30.0. The van der Waals surface area contributed by atoms with Crippen LogP contribution in [0.4, 0.5) is 33.3 Å². The lowest BCUT2D eigenvalue weighted by molar-refractivity contribution is -0.125. The molecule has 0 unspecified atom stereocenters. The number of hydrogen-bond donors (Lipinski definition) is 1. The predicted octanol–water partition coefficient (Wildman–Crippen LogP) is 6.46. The molecule has 2 saturated heterocycles. The molecule has 3 aromatic rings. The Kier molecular flexibility index (Phi) is 7.30. The third-order valence-electron chi connectivity index (χ3n) is 9.55. The molecule has 3 aromatic carbocycles. The van der Waals surface area contributed by atoms with E-state index in [1.165, 1.54) is 24.3 Å². The van der Waals surface area contributed by atoms with Crippen LogP contribution in [-0.2, 0) is 19.2 Å². The smallest absolute Gasteiger partial charge is 0.258 e. The molecule has 0 spiro atoms. The van der Waals surface area contributed by atoms with Gasteiger partial charge in [0.2, 0.25) is 17.6 Å². The second-order valence-electron chi connectivity index (χ2n) is 11.7. The van der Waals surface area contributed by atoms with Gasteiger partial charge in [-0.2, -0.15) is 0 Å². The Morgan fingerprint density at radius 1 is 0.766 bits per heavy atom. The predicted molar refractivity (Wildman–Crippen MR) is 166 cm³/mol. The summed E-state index contributed by atoms with van der Waals surface area (Å²) in [6.07, 6.45) is 0.911. The van der Waals surface area contributed by atoms with Crippen molar-refractivity contribution in [3.05, 3.63) is 98.4 Å². The van der Waals surface area contributed by atoms with Gasteiger partial charge in [-0.15, -0.1) is 23.2 Å². The molecule has 2 aliphatic carbocycles. The number of fused-ring (bicyclic) bond motifs is 4. The van der Waals surface area contributed by atoms with Crippen molar-refractivity contribution in [2.45, 2.75) is 28.5 Å². The minimum absolute atomic E-state index is 0.0161. The summed E-state index contributed by atoms with van der Waals surface area (Å²) in [5.41, 5.74) is -1.39. The number of anilines is 2. The zero-order valence-electron chi connectivity index (χ0n) is 23.4. The fraction of sp³-hybridized carbons (Fsp3) is 0.250. The molecule has 0 bridgehead atoms. The molecule has 4 amide bonds. The average Bonchev–Trinajstić information content (AvgIpc) is 3.38. The molecule has 242 valence electrons. The van der Waals surface area contributed by atoms with Crippen LogP contribution in [0.5, 0.6) is 5.75 Å². The molecular formula is C32H18Cl2F5IN2O5. The first-order valence-corrected chi connectivity index (χ1v) is 15.9. The number of phenols is 1. The van der Waals surface area contributed by atoms with Crippen LogP contribution in [0.2, 0.25) is 0 Å². The van der Waals surface area contributed by atoms with Crippen LogP contribution >= 0.6 is 45.8 Å². The van der Waals surface area contributed by atoms with Gasteiger partial charge in [0, 0.05) is 15.1 Å². The molecule has 4 aliphatic rings. The molecule has 0 radical (unpaired) electrons. The van der Waals surface area contributed by atoms with E-state index in [9.17, 15) is 37.5 Å². The number of imide groups is 2. The standard InChI is InChI=1S/C32H18Cl2F5IN2O5/c33-31-11-17-14(9-10-16-19(17)28(45)41(27(16)44)13-7-5-12(40)6-8-13)20(15-3-1-2-4-18(15)43)32(31,34)30(47)42(29(31)46)26-24(38)22(36)21(35)23(37)25(26)39/h1-9,16-17,19-20,43H,10-11H2/t16-,17+,19-,20+,31+,32-/m0/s1. The van der Waals surface area contributed by atoms with Crippen molar-refractivity contribution in [1.29, 1.82) is 0 Å². The maximum Gasteiger partial charge on any atom is 0.258 e. The minimum atomic E-state index is -2.71. The SMILES string of the molecule is O=C1[C@H]2[C@H](CC=C3[C@H]2C[C@@]2(Cl)C(=O)N(c4c(F)c(F)c(F)c(F)c4F)C(=O)[C@@]2(Cl)[C@H]3c2ccccc2O)C(=O)N1c1ccc(I)cc1. The molecular weight excluding hydrogens is 785 g/mol. The molecule has 1 N–H and O–H groups in total. The van der Waals surface area contributed by atoms with E-state index in [2.05, 4.69) is 22.6 Å². The van der Waals surface area contributed by atoms with E-state index < -0.39 is 104 Å². The first kappa shape index (κ1) is 32.0. The number of benzene rings is 3. The number of hydrogen-bond acceptors (Lipinski definition) is 5. The first-order chi connectivity index (χ1) is 22.2. The van der Waals surface area contributed by atoms with Gasteiger partial charge in [-0.3, -0.25) is 24.1 Å². The summed E-state index contributed by atoms with van der Waals surface area (Å²) in [4.78, 5) is 51.5. The number of para-hydroxylation sites is 1. The number of carbonyl (C=O) groups is 4. The summed E-state index contributed by atoms with van der Waals surface area (Å²) in [6, 6.07) is 12.1. The lowest BCUT2D eigenvalue weighted by Gasteiger charge is -2.50. The number of rotatable bonds is 3. The maximum atomic E-state index is 15.1. The molecule has 47 heavy (non-hydrogen) atoms. The largest absolute Gasteiger partial charge is 0.508 e. The molecule has 7 rings (SSSR count). The monoisotopic (exact) mass is 802 g/mol. The van der Waals surface area contributed by atoms with Crippen LogP contribution in [0, 0.1) is 50.4 Å². The molecule has 7 nitrogen and oxygen atoms in total. The van der Waals surface area contributed by atoms with Gasteiger partial charge in [0.15, 0.2) is 33.0 Å². The van der Waals surface area contributed by atoms with Crippen molar-refractivity contribution in [3.8, 4) is 5.75 Å². The number of carbonyl (C=O) groups excluding carboxylic acids is 4. The van der Waals surface area contributed by atoms with Crippen molar-refractivity contribution >= 4 is 80.8 Å². The summed E-state index contributed by atoms with van der Waals surface area (Å²) >= 11 is 16.2. The van der Waals surface area contributed by atoms with Crippen LogP contribution in [-0.4, -0.2) is 38.5 Å². The summed E-state index contributed by atoms with van der Waals surface area (Å²) in [5.74, 6) is -21.8. The molecule has 6 atom stereocenters. The van der Waals surface area contributed by atoms with E-state index in [1.54, 1.807) is 30.3 Å². The van der Waals surface area contributed by atoms with Crippen molar-refractivity contribution in [2.75, 3.05) is 9.80 Å². The van der Waals surface area contributed by atoms with E-state index in [0.29, 0.717) is 5.69 Å². The summed E-state index contributed by atoms with van der Waals surface area (Å²) < 4.78 is 73.7. The number of alkyl halides is 2. The van der Waals surface area contributed by atoms with Gasteiger partial charge in [0.1, 0.15) is 11.4 Å². The quantitative estimate of drug-likeness (QED) is 0.0625. The number of aromatic hydroxyl groups is 1. The van der Waals surface area contributed by atoms with Crippen molar-refractivity contribution in [3.63, 3.8) is 0 Å². The Morgan fingerprint density at radius 3 is 1.98 bits per heavy atom. The molecule has 0 aromatic heterocycles. The van der Waals surface area contributed by atoms with E-state index in [0.717, 1.165) is 8.47 Å². The fourth-order valence-corrected chi connectivity index (χ4v) is 8.77. The summed E-state index contributed by atoms with van der Waals surface area (Å²) in [7, 11) is 0. The van der Waals surface area contributed by atoms with Crippen molar-refractivity contribution in [2.24, 2.45) is 17.8 Å². The van der Waals surface area contributed by atoms with E-state index >= 15 is 8.78 Å². The lowest BCUT2D eigenvalue weighted by atomic mass is 9.56. The third-order valence-corrected chi connectivity index (χ3v) is 11.7. The van der Waals surface area contributed by atoms with E-state index in [1.807, 2.05) is 0 Å². The van der Waals surface area contributed by atoms with Gasteiger partial charge >= 0.3 is 0 Å². The zero-order valence-corrected chi connectivity index (χ0v) is 27.1. The fourth-order valence-electron chi connectivity index (χ4n) is 7.49. The highest BCUT2D eigenvalue weighted by molar-refractivity contribution is 14.1. The third kappa shape index (κ3) is 4.08. The second-order valence-corrected chi connectivity index (χ2v) is 14.2. The van der Waals surface area contributed by atoms with Gasteiger partial charge in [-0.25, -0.2) is 26.9 Å². The number of allylic oxidation sites excluding steroid dienone is 2. The summed E-state index contributed by atoms with van der Waals surface area (Å²) in [6.45, 7) is 0. The first-order valence-electron chi connectivity index (χ1n) is 14.1. The van der Waals surface area contributed by atoms with Gasteiger partial charge in [-0.05, 0) is 71.7 Å². The highest BCUT2D eigenvalue weighted by Crippen LogP contribution is 2.66. The molecule has 1 saturated carbocycles. The Hall–Kier alpha value is -3.56. The van der Waals surface area contributed by atoms with Crippen LogP contribution in [0.3, 0.4) is 0 Å². The molecule has 3 fully saturated rings. The highest BCUT2D eigenvalue weighted by atomic mass is 127. The number of phenolic OH excluding ortho intramolecular Hbond substituents is 1. The lowest BCUT2D eigenvalue weighted by Crippen LogP contribution is -2.60. The van der Waals surface area contributed by atoms with E-state index in [4.69, 9.17) is 23.2 Å². The van der Waals surface area contributed by atoms with Crippen LogP contribution in [0.15, 0.2) is 60.2 Å². The van der Waals surface area contributed by atoms with Gasteiger partial charge in [-0.1, -0.05) is 29.8 Å². The van der Waals surface area contributed by atoms with Crippen molar-refractivity contribution < 1.29 is 46.2 Å². The highest BCUT2D eigenvalue weighted by Gasteiger charge is 2.77. The van der Waals surface area contributed by atoms with E-state index in [-0.39, 0.29) is 22.5 Å². The topological polar surface area (TPSA) is 95.0 Å². The zero-order chi connectivity index (χ0) is 33.9. The summed E-state index contributed by atoms with van der Waals surface area (Å²) in [5, 5.41) is 11.0.